The lowest BCUT2D eigenvalue weighted by molar-refractivity contribution is -0.121. The average Bonchev–Trinajstić information content (AvgIpc) is 2.50. The second-order valence-corrected chi connectivity index (χ2v) is 3.74. The van der Waals surface area contributed by atoms with E-state index in [2.05, 4.69) is 0 Å². The van der Waals surface area contributed by atoms with E-state index in [1.165, 1.54) is 4.90 Å². The van der Waals surface area contributed by atoms with Crippen LogP contribution in [0.5, 0.6) is 0 Å². The van der Waals surface area contributed by atoms with Gasteiger partial charge in [0.2, 0.25) is 5.91 Å². The minimum atomic E-state index is -0.145. The first kappa shape index (κ1) is 9.71. The van der Waals surface area contributed by atoms with Crippen molar-refractivity contribution in [1.82, 2.24) is 0 Å². The van der Waals surface area contributed by atoms with Crippen molar-refractivity contribution in [2.24, 2.45) is 0 Å². The molecular weight excluding hydrogens is 192 g/mol. The van der Waals surface area contributed by atoms with Crippen LogP contribution in [-0.2, 0) is 9.59 Å². The molecule has 1 amide bonds. The fraction of sp³-hybridized carbons (Fsp3) is 0.273. The van der Waals surface area contributed by atoms with Gasteiger partial charge in [-0.1, -0.05) is 6.07 Å². The summed E-state index contributed by atoms with van der Waals surface area (Å²) in [5.74, 6) is -0.185. The van der Waals surface area contributed by atoms with E-state index in [4.69, 9.17) is 5.73 Å². The van der Waals surface area contributed by atoms with Crippen molar-refractivity contribution >= 4 is 23.1 Å². The molecule has 4 nitrogen and oxygen atoms in total. The number of hydrogen-bond acceptors (Lipinski definition) is 3. The fourth-order valence-electron chi connectivity index (χ4n) is 1.72. The van der Waals surface area contributed by atoms with Crippen molar-refractivity contribution in [3.63, 3.8) is 0 Å². The molecule has 1 saturated heterocycles. The summed E-state index contributed by atoms with van der Waals surface area (Å²) in [7, 11) is 0. The molecule has 0 spiro atoms. The van der Waals surface area contributed by atoms with Crippen molar-refractivity contribution < 1.29 is 9.59 Å². The van der Waals surface area contributed by atoms with E-state index in [1.807, 2.05) is 13.0 Å². The molecule has 0 aromatic heterocycles. The Kier molecular flexibility index (Phi) is 2.19. The molecule has 1 aromatic carbocycles. The molecule has 0 atom stereocenters. The zero-order valence-corrected chi connectivity index (χ0v) is 8.49. The predicted molar refractivity (Wildman–Crippen MR) is 57.6 cm³/mol. The van der Waals surface area contributed by atoms with E-state index < -0.39 is 0 Å². The summed E-state index contributed by atoms with van der Waals surface area (Å²) in [6.07, 6.45) is 0.00817. The number of nitrogens with zero attached hydrogens (tertiary/aromatic N) is 1. The van der Waals surface area contributed by atoms with E-state index in [-0.39, 0.29) is 24.7 Å². The zero-order chi connectivity index (χ0) is 11.0. The van der Waals surface area contributed by atoms with Crippen molar-refractivity contribution in [3.05, 3.63) is 23.8 Å². The van der Waals surface area contributed by atoms with Gasteiger partial charge >= 0.3 is 0 Å². The molecule has 78 valence electrons. The van der Waals surface area contributed by atoms with Crippen molar-refractivity contribution in [1.29, 1.82) is 0 Å². The Morgan fingerprint density at radius 2 is 2.07 bits per heavy atom. The Morgan fingerprint density at radius 1 is 1.33 bits per heavy atom. The summed E-state index contributed by atoms with van der Waals surface area (Å²) in [6, 6.07) is 5.35. The van der Waals surface area contributed by atoms with Gasteiger partial charge in [-0.3, -0.25) is 9.59 Å². The summed E-state index contributed by atoms with van der Waals surface area (Å²) in [5, 5.41) is 0. The Hall–Kier alpha value is -1.84. The number of Topliss-reactive ketones (excluding diaryl/α,β-unsaturated/α-hetero) is 1. The number of nitrogens with two attached hydrogens (primary N) is 1. The van der Waals surface area contributed by atoms with Crippen LogP contribution in [0.3, 0.4) is 0 Å². The second kappa shape index (κ2) is 3.38. The lowest BCUT2D eigenvalue weighted by atomic mass is 10.1. The zero-order valence-electron chi connectivity index (χ0n) is 8.49. The predicted octanol–water partition coefficient (Wildman–Crippen LogP) is 0.883. The number of carbonyl (C=O) groups is 2. The van der Waals surface area contributed by atoms with E-state index in [9.17, 15) is 9.59 Å². The van der Waals surface area contributed by atoms with Gasteiger partial charge in [0.25, 0.3) is 0 Å². The van der Waals surface area contributed by atoms with E-state index >= 15 is 0 Å². The van der Waals surface area contributed by atoms with Crippen molar-refractivity contribution in [2.75, 3.05) is 17.2 Å². The smallest absolute Gasteiger partial charge is 0.234 e. The van der Waals surface area contributed by atoms with Crippen LogP contribution < -0.4 is 10.6 Å². The van der Waals surface area contributed by atoms with Gasteiger partial charge in [0, 0.05) is 11.4 Å². The largest absolute Gasteiger partial charge is 0.399 e. The highest BCUT2D eigenvalue weighted by Crippen LogP contribution is 2.25. The molecule has 1 aliphatic heterocycles. The van der Waals surface area contributed by atoms with Gasteiger partial charge in [0.1, 0.15) is 0 Å². The first-order valence-electron chi connectivity index (χ1n) is 4.76. The van der Waals surface area contributed by atoms with Crippen LogP contribution in [0, 0.1) is 6.92 Å². The number of rotatable bonds is 1. The summed E-state index contributed by atoms with van der Waals surface area (Å²) >= 11 is 0. The molecule has 0 saturated carbocycles. The van der Waals surface area contributed by atoms with Crippen molar-refractivity contribution in [3.8, 4) is 0 Å². The Morgan fingerprint density at radius 3 is 2.67 bits per heavy atom. The monoisotopic (exact) mass is 204 g/mol. The highest BCUT2D eigenvalue weighted by molar-refractivity contribution is 6.15. The fourth-order valence-corrected chi connectivity index (χ4v) is 1.72. The Bertz CT molecular complexity index is 440. The maximum Gasteiger partial charge on any atom is 0.234 e. The van der Waals surface area contributed by atoms with E-state index in [1.54, 1.807) is 12.1 Å². The normalized spacial score (nSPS) is 16.2. The summed E-state index contributed by atoms with van der Waals surface area (Å²) in [4.78, 5) is 24.1. The van der Waals surface area contributed by atoms with Gasteiger partial charge < -0.3 is 10.6 Å². The molecule has 0 aliphatic carbocycles. The third-order valence-electron chi connectivity index (χ3n) is 2.51. The van der Waals surface area contributed by atoms with Gasteiger partial charge in [0.15, 0.2) is 5.78 Å². The number of hydrogen-bond donors (Lipinski definition) is 1. The quantitative estimate of drug-likeness (QED) is 0.545. The van der Waals surface area contributed by atoms with Crippen LogP contribution >= 0.6 is 0 Å². The highest BCUT2D eigenvalue weighted by atomic mass is 16.2. The van der Waals surface area contributed by atoms with Gasteiger partial charge in [-0.25, -0.2) is 0 Å². The number of anilines is 2. The highest BCUT2D eigenvalue weighted by Gasteiger charge is 2.29. The molecule has 15 heavy (non-hydrogen) atoms. The van der Waals surface area contributed by atoms with Gasteiger partial charge in [-0.15, -0.1) is 0 Å². The molecule has 1 fully saturated rings. The van der Waals surface area contributed by atoms with E-state index in [0.717, 1.165) is 11.3 Å². The van der Waals surface area contributed by atoms with Crippen LogP contribution in [0.25, 0.3) is 0 Å². The number of ketones is 1. The number of benzene rings is 1. The van der Waals surface area contributed by atoms with Crippen LogP contribution in [0.4, 0.5) is 11.4 Å². The maximum atomic E-state index is 11.5. The molecule has 0 unspecified atom stereocenters. The van der Waals surface area contributed by atoms with Crippen LogP contribution in [0.2, 0.25) is 0 Å². The minimum absolute atomic E-state index is 0.00817. The number of aryl methyl sites for hydroxylation is 1. The standard InChI is InChI=1S/C11H12N2O2/c1-7-2-3-8(12)4-10(7)13-6-9(14)5-11(13)15/h2-4H,5-6,12H2,1H3. The van der Waals surface area contributed by atoms with Crippen LogP contribution in [0.1, 0.15) is 12.0 Å². The van der Waals surface area contributed by atoms with E-state index in [0.29, 0.717) is 5.69 Å². The molecule has 2 rings (SSSR count). The minimum Gasteiger partial charge on any atom is -0.399 e. The average molecular weight is 204 g/mol. The third-order valence-corrected chi connectivity index (χ3v) is 2.51. The second-order valence-electron chi connectivity index (χ2n) is 3.74. The topological polar surface area (TPSA) is 63.4 Å². The van der Waals surface area contributed by atoms with Crippen LogP contribution in [0.15, 0.2) is 18.2 Å². The number of carbonyl (C=O) groups excluding carboxylic acids is 2. The first-order chi connectivity index (χ1) is 7.08. The number of nitrogen functional groups attached to an aromatic ring is 1. The summed E-state index contributed by atoms with van der Waals surface area (Å²) < 4.78 is 0. The Labute approximate surface area is 87.7 Å². The lowest BCUT2D eigenvalue weighted by Crippen LogP contribution is -2.25. The van der Waals surface area contributed by atoms with Crippen LogP contribution in [-0.4, -0.2) is 18.2 Å². The summed E-state index contributed by atoms with van der Waals surface area (Å²) in [6.45, 7) is 2.06. The third kappa shape index (κ3) is 1.70. The molecule has 1 heterocycles. The molecule has 2 N–H and O–H groups in total. The molecule has 0 radical (unpaired) electrons. The molecule has 0 bridgehead atoms. The van der Waals surface area contributed by atoms with Crippen molar-refractivity contribution in [2.45, 2.75) is 13.3 Å². The SMILES string of the molecule is Cc1ccc(N)cc1N1CC(=O)CC1=O. The Balaban J connectivity index is 2.41. The molecule has 4 heteroatoms. The molecule has 1 aliphatic rings. The van der Waals surface area contributed by atoms with Gasteiger partial charge in [0.05, 0.1) is 13.0 Å². The number of amides is 1. The molecular formula is C11H12N2O2. The first-order valence-corrected chi connectivity index (χ1v) is 4.76. The van der Waals surface area contributed by atoms with Gasteiger partial charge in [-0.05, 0) is 24.6 Å². The van der Waals surface area contributed by atoms with Gasteiger partial charge in [-0.2, -0.15) is 0 Å². The maximum absolute atomic E-state index is 11.5. The summed E-state index contributed by atoms with van der Waals surface area (Å²) in [5.41, 5.74) is 7.94. The molecule has 1 aromatic rings. The lowest BCUT2D eigenvalue weighted by Gasteiger charge is -2.17.